The van der Waals surface area contributed by atoms with E-state index in [1.165, 1.54) is 24.9 Å². The molecule has 4 N–H and O–H groups in total. The molecule has 5 rings (SSSR count). The van der Waals surface area contributed by atoms with Gasteiger partial charge in [-0.25, -0.2) is 0 Å². The Hall–Kier alpha value is -3.33. The van der Waals surface area contributed by atoms with Crippen LogP contribution < -0.4 is 10.2 Å². The molecule has 10 heteroatoms. The number of fused-ring (bicyclic) bond motifs is 1. The summed E-state index contributed by atoms with van der Waals surface area (Å²) in [6, 6.07) is 18.0. The number of anilines is 1. The van der Waals surface area contributed by atoms with Crippen molar-refractivity contribution in [2.75, 3.05) is 24.6 Å². The van der Waals surface area contributed by atoms with Crippen molar-refractivity contribution in [3.63, 3.8) is 0 Å². The van der Waals surface area contributed by atoms with Crippen molar-refractivity contribution >= 4 is 40.0 Å². The first-order chi connectivity index (χ1) is 18.9. The number of nitrogens with one attached hydrogen (secondary N) is 1. The predicted molar refractivity (Wildman–Crippen MR) is 149 cm³/mol. The second-order valence-electron chi connectivity index (χ2n) is 9.86. The topological polar surface area (TPSA) is 139 Å². The molecule has 2 fully saturated rings. The molecule has 4 atom stereocenters. The van der Waals surface area contributed by atoms with Crippen LogP contribution in [0, 0.1) is 11.3 Å². The monoisotopic (exact) mass is 549 g/mol. The van der Waals surface area contributed by atoms with Crippen LogP contribution in [0.1, 0.15) is 31.9 Å². The van der Waals surface area contributed by atoms with E-state index in [1.54, 1.807) is 19.1 Å². The minimum absolute atomic E-state index is 0.189. The molecule has 0 bridgehead atoms. The van der Waals surface area contributed by atoms with Gasteiger partial charge in [0.25, 0.3) is 5.91 Å². The van der Waals surface area contributed by atoms with Crippen LogP contribution in [0.25, 0.3) is 27.7 Å². The number of aliphatic hydroxyl groups is 3. The summed E-state index contributed by atoms with van der Waals surface area (Å²) in [5.74, 6) is 0.234. The molecule has 204 valence electrons. The lowest BCUT2D eigenvalue weighted by Crippen LogP contribution is -2.55. The minimum Gasteiger partial charge on any atom is -0.456 e. The molecule has 2 saturated heterocycles. The maximum atomic E-state index is 12.9. The van der Waals surface area contributed by atoms with Gasteiger partial charge in [-0.05, 0) is 67.3 Å². The Labute approximate surface area is 230 Å². The van der Waals surface area contributed by atoms with Gasteiger partial charge in [-0.3, -0.25) is 4.79 Å². The van der Waals surface area contributed by atoms with Gasteiger partial charge in [0.2, 0.25) is 0 Å². The molecule has 3 aromatic rings. The molecule has 0 saturated carbocycles. The molecular weight excluding hydrogens is 518 g/mol. The Balaban J connectivity index is 1.33. The van der Waals surface area contributed by atoms with Gasteiger partial charge in [0.05, 0.1) is 6.61 Å². The van der Waals surface area contributed by atoms with Gasteiger partial charge < -0.3 is 34.1 Å². The quantitative estimate of drug-likeness (QED) is 0.206. The van der Waals surface area contributed by atoms with Gasteiger partial charge in [-0.1, -0.05) is 18.2 Å². The van der Waals surface area contributed by atoms with Crippen LogP contribution in [0.3, 0.4) is 0 Å². The van der Waals surface area contributed by atoms with E-state index in [4.69, 9.17) is 8.60 Å². The second-order valence-corrected chi connectivity index (χ2v) is 10.8. The fourth-order valence-corrected chi connectivity index (χ4v) is 5.82. The number of aliphatic hydroxyl groups excluding tert-OH is 3. The van der Waals surface area contributed by atoms with E-state index in [2.05, 4.69) is 40.5 Å². The van der Waals surface area contributed by atoms with Crippen molar-refractivity contribution in [2.45, 2.75) is 49.9 Å². The van der Waals surface area contributed by atoms with Crippen LogP contribution >= 0.6 is 12.0 Å². The number of amides is 1. The molecule has 0 unspecified atom stereocenters. The number of piperidine rings is 1. The number of rotatable bonds is 6. The lowest BCUT2D eigenvalue weighted by atomic mass is 10.0. The SMILES string of the molecule is C/C(=C(/C#N)C(=O)N[C@H]1SO[C@H](CO)[C@@H](O)[C@@H]1O)c1ccc(-c2ccc3cc(N4CCCCC4)ccc3c2)o1. The fraction of sp³-hybridized carbons (Fsp3) is 0.379. The summed E-state index contributed by atoms with van der Waals surface area (Å²) in [7, 11) is 0. The number of furan rings is 1. The molecule has 0 spiro atoms. The van der Waals surface area contributed by atoms with Gasteiger partial charge in [0, 0.05) is 42.0 Å². The highest BCUT2D eigenvalue weighted by molar-refractivity contribution is 7.95. The Kier molecular flexibility index (Phi) is 8.26. The van der Waals surface area contributed by atoms with E-state index < -0.39 is 36.2 Å². The summed E-state index contributed by atoms with van der Waals surface area (Å²) in [6.07, 6.45) is 0.00327. The van der Waals surface area contributed by atoms with E-state index in [0.29, 0.717) is 17.1 Å². The van der Waals surface area contributed by atoms with Gasteiger partial charge in [-0.2, -0.15) is 5.26 Å². The van der Waals surface area contributed by atoms with Crippen molar-refractivity contribution in [3.8, 4) is 17.4 Å². The third-order valence-electron chi connectivity index (χ3n) is 7.30. The number of carbonyl (C=O) groups is 1. The van der Waals surface area contributed by atoms with Crippen LogP contribution in [-0.2, 0) is 8.98 Å². The number of nitrogens with zero attached hydrogens (tertiary/aromatic N) is 2. The van der Waals surface area contributed by atoms with Crippen LogP contribution in [0.5, 0.6) is 0 Å². The smallest absolute Gasteiger partial charge is 0.263 e. The summed E-state index contributed by atoms with van der Waals surface area (Å²) in [4.78, 5) is 15.3. The van der Waals surface area contributed by atoms with E-state index in [0.717, 1.165) is 41.5 Å². The van der Waals surface area contributed by atoms with Crippen LogP contribution in [0.4, 0.5) is 5.69 Å². The molecule has 2 aliphatic rings. The average molecular weight is 550 g/mol. The normalized spacial score (nSPS) is 24.2. The van der Waals surface area contributed by atoms with E-state index in [1.807, 2.05) is 12.1 Å². The molecule has 2 aromatic carbocycles. The zero-order valence-corrected chi connectivity index (χ0v) is 22.4. The molecule has 0 radical (unpaired) electrons. The predicted octanol–water partition coefficient (Wildman–Crippen LogP) is 3.59. The minimum atomic E-state index is -1.39. The van der Waals surface area contributed by atoms with Crippen molar-refractivity contribution in [1.82, 2.24) is 5.32 Å². The summed E-state index contributed by atoms with van der Waals surface area (Å²) in [5, 5.41) is 43.0. The molecule has 1 aromatic heterocycles. The van der Waals surface area contributed by atoms with Crippen LogP contribution in [0.15, 0.2) is 58.5 Å². The van der Waals surface area contributed by atoms with Crippen LogP contribution in [-0.4, -0.2) is 64.6 Å². The lowest BCUT2D eigenvalue weighted by Gasteiger charge is -2.35. The highest BCUT2D eigenvalue weighted by Gasteiger charge is 2.40. The number of hydrogen-bond acceptors (Lipinski definition) is 9. The maximum absolute atomic E-state index is 12.9. The fourth-order valence-electron chi connectivity index (χ4n) is 4.95. The summed E-state index contributed by atoms with van der Waals surface area (Å²) < 4.78 is 11.3. The third-order valence-corrected chi connectivity index (χ3v) is 8.26. The Morgan fingerprint density at radius 1 is 1.08 bits per heavy atom. The lowest BCUT2D eigenvalue weighted by molar-refractivity contribution is -0.120. The van der Waals surface area contributed by atoms with Crippen molar-refractivity contribution in [2.24, 2.45) is 0 Å². The second kappa shape index (κ2) is 11.8. The van der Waals surface area contributed by atoms with E-state index in [-0.39, 0.29) is 5.57 Å². The highest BCUT2D eigenvalue weighted by Crippen LogP contribution is 2.32. The van der Waals surface area contributed by atoms with Gasteiger partial charge in [0.15, 0.2) is 0 Å². The number of hydrogen-bond donors (Lipinski definition) is 4. The number of nitriles is 1. The Bertz CT molecular complexity index is 1420. The largest absolute Gasteiger partial charge is 0.456 e. The standard InChI is InChI=1S/C29H31N3O6S/c1-17(22(15-30)28(36)31-29-27(35)26(34)25(16-33)38-39-29)23-9-10-24(37-23)20-6-5-19-14-21(8-7-18(19)13-20)32-11-3-2-4-12-32/h5-10,13-14,25-27,29,33-35H,2-4,11-12,16H2,1H3,(H,31,36)/b22-17+/t25-,26-,27+,29+/m1/s1. The Morgan fingerprint density at radius 2 is 1.82 bits per heavy atom. The van der Waals surface area contributed by atoms with Crippen molar-refractivity contribution in [3.05, 3.63) is 59.9 Å². The number of carbonyl (C=O) groups excluding carboxylic acids is 1. The Morgan fingerprint density at radius 3 is 2.56 bits per heavy atom. The van der Waals surface area contributed by atoms with Crippen molar-refractivity contribution < 1.29 is 28.7 Å². The van der Waals surface area contributed by atoms with Gasteiger partial charge in [-0.15, -0.1) is 0 Å². The van der Waals surface area contributed by atoms with Gasteiger partial charge in [0.1, 0.15) is 46.8 Å². The zero-order chi connectivity index (χ0) is 27.5. The molecule has 0 aliphatic carbocycles. The number of allylic oxidation sites excluding steroid dienone is 1. The maximum Gasteiger partial charge on any atom is 0.263 e. The number of benzene rings is 2. The first-order valence-electron chi connectivity index (χ1n) is 13.0. The summed E-state index contributed by atoms with van der Waals surface area (Å²) >= 11 is 0.722. The first kappa shape index (κ1) is 27.2. The first-order valence-corrected chi connectivity index (χ1v) is 13.8. The highest BCUT2D eigenvalue weighted by atomic mass is 32.2. The zero-order valence-electron chi connectivity index (χ0n) is 21.5. The molecule has 1 amide bonds. The summed E-state index contributed by atoms with van der Waals surface area (Å²) in [6.45, 7) is 3.31. The molecule has 9 nitrogen and oxygen atoms in total. The van der Waals surface area contributed by atoms with Crippen molar-refractivity contribution in [1.29, 1.82) is 5.26 Å². The third kappa shape index (κ3) is 5.69. The van der Waals surface area contributed by atoms with E-state index in [9.17, 15) is 25.4 Å². The molecule has 2 aliphatic heterocycles. The average Bonchev–Trinajstić information content (AvgIpc) is 3.46. The van der Waals surface area contributed by atoms with Gasteiger partial charge >= 0.3 is 0 Å². The molecule has 39 heavy (non-hydrogen) atoms. The molecule has 3 heterocycles. The van der Waals surface area contributed by atoms with E-state index >= 15 is 0 Å². The summed E-state index contributed by atoms with van der Waals surface area (Å²) in [5.41, 5.74) is 2.26. The molecular formula is C29H31N3O6S. The van der Waals surface area contributed by atoms with Crippen LogP contribution in [0.2, 0.25) is 0 Å².